The van der Waals surface area contributed by atoms with Gasteiger partial charge < -0.3 is 17.2 Å². The minimum atomic E-state index is -0.914. The number of benzene rings is 5. The van der Waals surface area contributed by atoms with E-state index < -0.39 is 5.66 Å². The van der Waals surface area contributed by atoms with Crippen LogP contribution in [0.1, 0.15) is 41.1 Å². The van der Waals surface area contributed by atoms with Crippen molar-refractivity contribution < 1.29 is 0 Å². The molecule has 4 heteroatoms. The molecule has 0 amide bonds. The van der Waals surface area contributed by atoms with E-state index in [0.29, 0.717) is 11.2 Å². The number of hydrogen-bond donors (Lipinski definition) is 3. The molecule has 1 aliphatic heterocycles. The van der Waals surface area contributed by atoms with E-state index in [4.69, 9.17) is 17.2 Å². The Morgan fingerprint density at radius 2 is 1.22 bits per heavy atom. The first-order chi connectivity index (χ1) is 19.9. The van der Waals surface area contributed by atoms with Gasteiger partial charge in [-0.25, -0.2) is 0 Å². The second-order valence-corrected chi connectivity index (χ2v) is 12.1. The third-order valence-electron chi connectivity index (χ3n) is 7.94. The number of rotatable bonds is 4. The zero-order valence-electron chi connectivity index (χ0n) is 23.2. The molecule has 7 rings (SSSR count). The van der Waals surface area contributed by atoms with Crippen LogP contribution in [0.15, 0.2) is 132 Å². The van der Waals surface area contributed by atoms with Gasteiger partial charge in [-0.05, 0) is 62.9 Å². The molecule has 1 aliphatic carbocycles. The number of nitrogens with two attached hydrogens (primary N) is 3. The molecule has 3 unspecified atom stereocenters. The Kier molecular flexibility index (Phi) is 7.65. The molecular formula is C37H35N3S. The maximum Gasteiger partial charge on any atom is 0.116 e. The van der Waals surface area contributed by atoms with Gasteiger partial charge in [0.05, 0.1) is 0 Å². The van der Waals surface area contributed by atoms with E-state index in [-0.39, 0.29) is 6.04 Å². The molecule has 41 heavy (non-hydrogen) atoms. The van der Waals surface area contributed by atoms with E-state index in [1.54, 1.807) is 0 Å². The van der Waals surface area contributed by atoms with Gasteiger partial charge in [0.1, 0.15) is 5.66 Å². The van der Waals surface area contributed by atoms with E-state index >= 15 is 0 Å². The molecule has 0 aromatic heterocycles. The van der Waals surface area contributed by atoms with Gasteiger partial charge in [0.15, 0.2) is 0 Å². The van der Waals surface area contributed by atoms with E-state index in [1.165, 1.54) is 37.6 Å². The van der Waals surface area contributed by atoms with Crippen molar-refractivity contribution >= 4 is 23.9 Å². The van der Waals surface area contributed by atoms with E-state index in [2.05, 4.69) is 78.9 Å². The van der Waals surface area contributed by atoms with Crippen molar-refractivity contribution in [3.8, 4) is 11.1 Å². The Hall–Kier alpha value is -3.93. The fourth-order valence-electron chi connectivity index (χ4n) is 5.59. The van der Waals surface area contributed by atoms with Crippen LogP contribution in [-0.4, -0.2) is 5.25 Å². The Morgan fingerprint density at radius 3 is 1.85 bits per heavy atom. The van der Waals surface area contributed by atoms with Crippen molar-refractivity contribution in [3.05, 3.63) is 160 Å². The molecule has 0 bridgehead atoms. The van der Waals surface area contributed by atoms with Crippen LogP contribution in [0.4, 0.5) is 0 Å². The molecule has 3 nitrogen and oxygen atoms in total. The summed E-state index contributed by atoms with van der Waals surface area (Å²) in [6, 6.07) is 43.7. The van der Waals surface area contributed by atoms with Crippen LogP contribution in [0.25, 0.3) is 23.3 Å². The molecule has 6 N–H and O–H groups in total. The lowest BCUT2D eigenvalue weighted by Gasteiger charge is -2.25. The van der Waals surface area contributed by atoms with Gasteiger partial charge in [-0.2, -0.15) is 0 Å². The van der Waals surface area contributed by atoms with Gasteiger partial charge >= 0.3 is 0 Å². The first-order valence-electron chi connectivity index (χ1n) is 14.0. The Labute approximate surface area is 246 Å². The standard InChI is InChI=1S/C24H21NS.C13H14N2/c1-15(25)16-7-4-8-17(11-16)20-9-10-21-22-12-18-5-2-3-6-19(18)13-24(22)26-23(21)14-20;14-13(15,11-7-3-1-4-8-11)12-9-5-2-6-10-12/h2-15,22,24H,25H2,1H3;1-10H,14-15H2. The average Bonchev–Trinajstić information content (AvgIpc) is 3.37. The molecule has 0 radical (unpaired) electrons. The summed E-state index contributed by atoms with van der Waals surface area (Å²) in [7, 11) is 0. The van der Waals surface area contributed by atoms with Crippen LogP contribution >= 0.6 is 11.8 Å². The first-order valence-corrected chi connectivity index (χ1v) is 14.9. The van der Waals surface area contributed by atoms with Crippen LogP contribution in [0.3, 0.4) is 0 Å². The highest BCUT2D eigenvalue weighted by Gasteiger charge is 2.32. The normalized spacial score (nSPS) is 17.5. The molecule has 204 valence electrons. The predicted molar refractivity (Wildman–Crippen MR) is 174 cm³/mol. The summed E-state index contributed by atoms with van der Waals surface area (Å²) in [4.78, 5) is 1.41. The van der Waals surface area contributed by atoms with Crippen molar-refractivity contribution in [2.45, 2.75) is 34.7 Å². The summed E-state index contributed by atoms with van der Waals surface area (Å²) in [5.74, 6) is 0.481. The summed E-state index contributed by atoms with van der Waals surface area (Å²) in [6.45, 7) is 2.03. The van der Waals surface area contributed by atoms with Gasteiger partial charge in [-0.15, -0.1) is 11.8 Å². The predicted octanol–water partition coefficient (Wildman–Crippen LogP) is 6.01. The molecule has 5 aromatic rings. The summed E-state index contributed by atoms with van der Waals surface area (Å²) in [5.41, 5.74) is 24.4. The smallest absolute Gasteiger partial charge is 0.116 e. The summed E-state index contributed by atoms with van der Waals surface area (Å²) < 4.78 is 0. The van der Waals surface area contributed by atoms with Crippen molar-refractivity contribution in [2.75, 3.05) is 0 Å². The van der Waals surface area contributed by atoms with Crippen LogP contribution in [0, 0.1) is 0 Å². The van der Waals surface area contributed by atoms with Gasteiger partial charge in [0.25, 0.3) is 0 Å². The fourth-order valence-corrected chi connectivity index (χ4v) is 7.01. The van der Waals surface area contributed by atoms with Gasteiger partial charge in [-0.1, -0.05) is 127 Å². The minimum absolute atomic E-state index is 0.0596. The molecule has 0 fully saturated rings. The quantitative estimate of drug-likeness (QED) is 0.238. The Balaban J connectivity index is 0.000000172. The first kappa shape index (κ1) is 27.3. The Morgan fingerprint density at radius 1 is 0.634 bits per heavy atom. The van der Waals surface area contributed by atoms with Crippen molar-refractivity contribution in [2.24, 2.45) is 17.2 Å². The van der Waals surface area contributed by atoms with Crippen LogP contribution in [0.2, 0.25) is 0 Å². The third kappa shape index (κ3) is 5.65. The van der Waals surface area contributed by atoms with E-state index in [9.17, 15) is 0 Å². The molecule has 2 aliphatic rings. The number of fused-ring (bicyclic) bond motifs is 4. The van der Waals surface area contributed by atoms with Gasteiger partial charge in [0, 0.05) is 22.1 Å². The lowest BCUT2D eigenvalue weighted by molar-refractivity contribution is 0.567. The fraction of sp³-hybridized carbons (Fsp3) is 0.135. The lowest BCUT2D eigenvalue weighted by Crippen LogP contribution is -2.46. The summed E-state index contributed by atoms with van der Waals surface area (Å²) >= 11 is 1.99. The van der Waals surface area contributed by atoms with Crippen molar-refractivity contribution in [1.29, 1.82) is 0 Å². The number of thioether (sulfide) groups is 1. The summed E-state index contributed by atoms with van der Waals surface area (Å²) in [6.07, 6.45) is 4.87. The maximum atomic E-state index is 6.14. The Bertz CT molecular complexity index is 1740. The molecule has 5 aromatic carbocycles. The second kappa shape index (κ2) is 11.5. The lowest BCUT2D eigenvalue weighted by atomic mass is 9.89. The second-order valence-electron chi connectivity index (χ2n) is 10.8. The zero-order chi connectivity index (χ0) is 28.4. The van der Waals surface area contributed by atoms with E-state index in [1.807, 2.05) is 79.3 Å². The third-order valence-corrected chi connectivity index (χ3v) is 9.25. The van der Waals surface area contributed by atoms with Crippen molar-refractivity contribution in [1.82, 2.24) is 0 Å². The minimum Gasteiger partial charge on any atom is -0.324 e. The molecule has 0 saturated heterocycles. The van der Waals surface area contributed by atoms with Gasteiger partial charge in [0.2, 0.25) is 0 Å². The zero-order valence-corrected chi connectivity index (χ0v) is 24.0. The van der Waals surface area contributed by atoms with Crippen LogP contribution < -0.4 is 27.6 Å². The monoisotopic (exact) mass is 553 g/mol. The molecule has 3 atom stereocenters. The molecule has 0 saturated carbocycles. The van der Waals surface area contributed by atoms with Crippen molar-refractivity contribution in [3.63, 3.8) is 0 Å². The molecule has 0 spiro atoms. The molecular weight excluding hydrogens is 518 g/mol. The van der Waals surface area contributed by atoms with E-state index in [0.717, 1.165) is 11.1 Å². The SMILES string of the molecule is CC(N)c1cccc(-c2ccc3c(c2)SC2C=c4ccccc4=CC32)c1.NC(N)(c1ccccc1)c1ccccc1. The highest BCUT2D eigenvalue weighted by Crippen LogP contribution is 2.48. The van der Waals surface area contributed by atoms with Crippen LogP contribution in [-0.2, 0) is 5.66 Å². The molecule has 1 heterocycles. The highest BCUT2D eigenvalue weighted by atomic mass is 32.2. The van der Waals surface area contributed by atoms with Crippen LogP contribution in [0.5, 0.6) is 0 Å². The topological polar surface area (TPSA) is 78.1 Å². The largest absolute Gasteiger partial charge is 0.324 e. The van der Waals surface area contributed by atoms with Gasteiger partial charge in [-0.3, -0.25) is 0 Å². The average molecular weight is 554 g/mol. The number of hydrogen-bond acceptors (Lipinski definition) is 4. The highest BCUT2D eigenvalue weighted by molar-refractivity contribution is 8.00. The maximum absolute atomic E-state index is 6.14. The summed E-state index contributed by atoms with van der Waals surface area (Å²) in [5, 5.41) is 3.22.